The third-order valence-corrected chi connectivity index (χ3v) is 6.54. The Labute approximate surface area is 187 Å². The number of rotatable bonds is 8. The molecule has 2 aromatic carbocycles. The molecule has 0 spiro atoms. The Hall–Kier alpha value is -2.62. The molecular formula is C21H25ClN2O6S. The maximum Gasteiger partial charge on any atom is 0.347 e. The second-order valence-electron chi connectivity index (χ2n) is 7.09. The zero-order valence-electron chi connectivity index (χ0n) is 17.9. The number of benzene rings is 2. The Bertz CT molecular complexity index is 1090. The lowest BCUT2D eigenvalue weighted by Crippen LogP contribution is -2.30. The van der Waals surface area contributed by atoms with E-state index in [0.717, 1.165) is 9.87 Å². The Morgan fingerprint density at radius 2 is 1.77 bits per heavy atom. The van der Waals surface area contributed by atoms with Crippen molar-refractivity contribution in [2.24, 2.45) is 0 Å². The lowest BCUT2D eigenvalue weighted by atomic mass is 10.2. The zero-order chi connectivity index (χ0) is 23.3. The number of halogens is 1. The van der Waals surface area contributed by atoms with Crippen molar-refractivity contribution in [2.75, 3.05) is 26.0 Å². The Morgan fingerprint density at radius 3 is 2.39 bits per heavy atom. The van der Waals surface area contributed by atoms with Gasteiger partial charge >= 0.3 is 5.97 Å². The fourth-order valence-corrected chi connectivity index (χ4v) is 3.96. The van der Waals surface area contributed by atoms with E-state index in [9.17, 15) is 18.0 Å². The number of anilines is 1. The van der Waals surface area contributed by atoms with Crippen molar-refractivity contribution < 1.29 is 27.5 Å². The highest BCUT2D eigenvalue weighted by Crippen LogP contribution is 2.24. The molecule has 0 saturated heterocycles. The van der Waals surface area contributed by atoms with Gasteiger partial charge in [0.1, 0.15) is 5.75 Å². The quantitative estimate of drug-likeness (QED) is 0.597. The molecule has 8 nitrogen and oxygen atoms in total. The summed E-state index contributed by atoms with van der Waals surface area (Å²) in [5.74, 6) is -0.850. The SMILES string of the molecule is Cc1cc(Cl)ccc1OC(C)C(=O)OCC(=O)Nc1ccc(C)c(S(=O)(=O)N(C)C)c1. The molecule has 0 aromatic heterocycles. The Morgan fingerprint density at radius 1 is 1.10 bits per heavy atom. The molecular weight excluding hydrogens is 444 g/mol. The van der Waals surface area contributed by atoms with Gasteiger partial charge in [-0.15, -0.1) is 0 Å². The minimum Gasteiger partial charge on any atom is -0.479 e. The number of amides is 1. The van der Waals surface area contributed by atoms with E-state index in [0.29, 0.717) is 16.3 Å². The molecule has 0 aliphatic carbocycles. The summed E-state index contributed by atoms with van der Waals surface area (Å²) >= 11 is 5.90. The highest BCUT2D eigenvalue weighted by Gasteiger charge is 2.21. The average Bonchev–Trinajstić information content (AvgIpc) is 2.69. The summed E-state index contributed by atoms with van der Waals surface area (Å²) in [6, 6.07) is 9.50. The van der Waals surface area contributed by atoms with E-state index >= 15 is 0 Å². The van der Waals surface area contributed by atoms with Gasteiger partial charge in [0.2, 0.25) is 10.0 Å². The maximum atomic E-state index is 12.4. The normalized spacial score (nSPS) is 12.4. The van der Waals surface area contributed by atoms with Gasteiger partial charge in [0.05, 0.1) is 4.90 Å². The second kappa shape index (κ2) is 10.1. The first kappa shape index (κ1) is 24.6. The fourth-order valence-electron chi connectivity index (χ4n) is 2.59. The van der Waals surface area contributed by atoms with Gasteiger partial charge in [-0.05, 0) is 62.2 Å². The smallest absolute Gasteiger partial charge is 0.347 e. The Kier molecular flexibility index (Phi) is 8.05. The Balaban J connectivity index is 1.96. The molecule has 0 fully saturated rings. The summed E-state index contributed by atoms with van der Waals surface area (Å²) in [6.45, 7) is 4.41. The van der Waals surface area contributed by atoms with Crippen molar-refractivity contribution in [3.63, 3.8) is 0 Å². The summed E-state index contributed by atoms with van der Waals surface area (Å²) in [5.41, 5.74) is 1.57. The monoisotopic (exact) mass is 468 g/mol. The number of nitrogens with one attached hydrogen (secondary N) is 1. The molecule has 0 radical (unpaired) electrons. The van der Waals surface area contributed by atoms with Gasteiger partial charge in [0, 0.05) is 24.8 Å². The van der Waals surface area contributed by atoms with Crippen LogP contribution < -0.4 is 10.1 Å². The number of hydrogen-bond donors (Lipinski definition) is 1. The van der Waals surface area contributed by atoms with Crippen molar-refractivity contribution in [1.82, 2.24) is 4.31 Å². The van der Waals surface area contributed by atoms with Crippen molar-refractivity contribution in [3.05, 3.63) is 52.5 Å². The number of esters is 1. The van der Waals surface area contributed by atoms with Crippen molar-refractivity contribution in [2.45, 2.75) is 31.8 Å². The van der Waals surface area contributed by atoms with Gasteiger partial charge in [0.25, 0.3) is 5.91 Å². The third-order valence-electron chi connectivity index (χ3n) is 4.35. The van der Waals surface area contributed by atoms with Crippen LogP contribution in [0, 0.1) is 13.8 Å². The average molecular weight is 469 g/mol. The summed E-state index contributed by atoms with van der Waals surface area (Å²) in [4.78, 5) is 24.4. The van der Waals surface area contributed by atoms with Crippen LogP contribution in [-0.2, 0) is 24.3 Å². The van der Waals surface area contributed by atoms with Crippen molar-refractivity contribution in [1.29, 1.82) is 0 Å². The molecule has 0 aliphatic heterocycles. The minimum atomic E-state index is -3.67. The number of ether oxygens (including phenoxy) is 2. The fraction of sp³-hybridized carbons (Fsp3) is 0.333. The zero-order valence-corrected chi connectivity index (χ0v) is 19.5. The molecule has 1 unspecified atom stereocenters. The molecule has 2 aromatic rings. The summed E-state index contributed by atoms with van der Waals surface area (Å²) in [6.07, 6.45) is -0.941. The summed E-state index contributed by atoms with van der Waals surface area (Å²) < 4.78 is 36.5. The standard InChI is InChI=1S/C21H25ClN2O6S/c1-13-6-8-17(11-19(13)31(27,28)24(4)5)23-20(25)12-29-21(26)15(3)30-18-9-7-16(22)10-14(18)2/h6-11,15H,12H2,1-5H3,(H,23,25). The predicted octanol–water partition coefficient (Wildman–Crippen LogP) is 3.16. The van der Waals surface area contributed by atoms with Gasteiger partial charge in [-0.1, -0.05) is 17.7 Å². The number of carbonyl (C=O) groups is 2. The molecule has 1 atom stereocenters. The van der Waals surface area contributed by atoms with Crippen LogP contribution in [-0.4, -0.2) is 51.4 Å². The molecule has 31 heavy (non-hydrogen) atoms. The lowest BCUT2D eigenvalue weighted by molar-refractivity contribution is -0.153. The van der Waals surface area contributed by atoms with E-state index in [1.165, 1.54) is 27.1 Å². The first-order chi connectivity index (χ1) is 14.4. The van der Waals surface area contributed by atoms with Crippen LogP contribution in [0.1, 0.15) is 18.1 Å². The highest BCUT2D eigenvalue weighted by atomic mass is 35.5. The van der Waals surface area contributed by atoms with Crippen LogP contribution in [0.3, 0.4) is 0 Å². The van der Waals surface area contributed by atoms with Crippen molar-refractivity contribution in [3.8, 4) is 5.75 Å². The van der Waals surface area contributed by atoms with Crippen molar-refractivity contribution >= 4 is 39.2 Å². The molecule has 2 rings (SSSR count). The number of hydrogen-bond acceptors (Lipinski definition) is 6. The summed E-state index contributed by atoms with van der Waals surface area (Å²) in [7, 11) is -0.817. The summed E-state index contributed by atoms with van der Waals surface area (Å²) in [5, 5.41) is 3.08. The molecule has 1 N–H and O–H groups in total. The van der Waals surface area contributed by atoms with Gasteiger partial charge in [0.15, 0.2) is 12.7 Å². The van der Waals surface area contributed by atoms with E-state index < -0.39 is 34.6 Å². The molecule has 1 amide bonds. The molecule has 0 aliphatic rings. The molecule has 0 heterocycles. The van der Waals surface area contributed by atoms with Gasteiger partial charge in [-0.3, -0.25) is 4.79 Å². The lowest BCUT2D eigenvalue weighted by Gasteiger charge is -2.16. The van der Waals surface area contributed by atoms with Gasteiger partial charge in [-0.2, -0.15) is 0 Å². The van der Waals surface area contributed by atoms with Crippen LogP contribution in [0.25, 0.3) is 0 Å². The largest absolute Gasteiger partial charge is 0.479 e. The molecule has 10 heteroatoms. The molecule has 168 valence electrons. The molecule has 0 saturated carbocycles. The first-order valence-electron chi connectivity index (χ1n) is 9.34. The predicted molar refractivity (Wildman–Crippen MR) is 118 cm³/mol. The van der Waals surface area contributed by atoms with E-state index in [1.54, 1.807) is 44.2 Å². The first-order valence-corrected chi connectivity index (χ1v) is 11.2. The van der Waals surface area contributed by atoms with Gasteiger partial charge < -0.3 is 14.8 Å². The minimum absolute atomic E-state index is 0.0765. The second-order valence-corrected chi connectivity index (χ2v) is 9.65. The van der Waals surface area contributed by atoms with E-state index in [1.807, 2.05) is 0 Å². The van der Waals surface area contributed by atoms with E-state index in [2.05, 4.69) is 5.32 Å². The van der Waals surface area contributed by atoms with E-state index in [-0.39, 0.29) is 10.6 Å². The number of carbonyl (C=O) groups excluding carboxylic acids is 2. The van der Waals surface area contributed by atoms with Crippen LogP contribution >= 0.6 is 11.6 Å². The maximum absolute atomic E-state index is 12.4. The number of sulfonamides is 1. The highest BCUT2D eigenvalue weighted by molar-refractivity contribution is 7.89. The topological polar surface area (TPSA) is 102 Å². The van der Waals surface area contributed by atoms with Crippen LogP contribution in [0.15, 0.2) is 41.3 Å². The third kappa shape index (κ3) is 6.43. The van der Waals surface area contributed by atoms with Gasteiger partial charge in [-0.25, -0.2) is 17.5 Å². The molecule has 0 bridgehead atoms. The van der Waals surface area contributed by atoms with Crippen LogP contribution in [0.4, 0.5) is 5.69 Å². The number of aryl methyl sites for hydroxylation is 2. The van der Waals surface area contributed by atoms with Crippen LogP contribution in [0.2, 0.25) is 5.02 Å². The van der Waals surface area contributed by atoms with Crippen LogP contribution in [0.5, 0.6) is 5.75 Å². The number of nitrogens with zero attached hydrogens (tertiary/aromatic N) is 1. The van der Waals surface area contributed by atoms with E-state index in [4.69, 9.17) is 21.1 Å².